The number of nitrogens with zero attached hydrogens (tertiary/aromatic N) is 2. The van der Waals surface area contributed by atoms with E-state index in [-0.39, 0.29) is 0 Å². The molecule has 1 fully saturated rings. The van der Waals surface area contributed by atoms with Gasteiger partial charge in [0.05, 0.1) is 12.0 Å². The molecule has 0 bridgehead atoms. The predicted octanol–water partition coefficient (Wildman–Crippen LogP) is 3.28. The van der Waals surface area contributed by atoms with Crippen molar-refractivity contribution < 1.29 is 4.74 Å². The third-order valence-corrected chi connectivity index (χ3v) is 5.33. The molecule has 0 aromatic carbocycles. The van der Waals surface area contributed by atoms with E-state index in [0.29, 0.717) is 5.41 Å². The average molecular weight is 297 g/mol. The van der Waals surface area contributed by atoms with Gasteiger partial charge in [-0.05, 0) is 18.3 Å². The van der Waals surface area contributed by atoms with Gasteiger partial charge in [-0.25, -0.2) is 0 Å². The van der Waals surface area contributed by atoms with E-state index < -0.39 is 0 Å². The summed E-state index contributed by atoms with van der Waals surface area (Å²) in [6, 6.07) is 0. The Kier molecular flexibility index (Phi) is 5.27. The fourth-order valence-electron chi connectivity index (χ4n) is 2.85. The highest BCUT2D eigenvalue weighted by atomic mass is 32.1. The Hall–Kier alpha value is -0.810. The first kappa shape index (κ1) is 15.6. The molecule has 0 aliphatic heterocycles. The normalized spacial score (nSPS) is 18.0. The molecule has 114 valence electrons. The summed E-state index contributed by atoms with van der Waals surface area (Å²) in [6.45, 7) is 4.35. The van der Waals surface area contributed by atoms with Crippen LogP contribution in [0.4, 0.5) is 5.13 Å². The molecule has 0 unspecified atom stereocenters. The Bertz CT molecular complexity index is 425. The summed E-state index contributed by atoms with van der Waals surface area (Å²) in [4.78, 5) is 7.71. The fraction of sp³-hybridized carbons (Fsp3) is 0.800. The monoisotopic (exact) mass is 297 g/mol. The number of ether oxygens (including phenoxy) is 1. The number of aromatic nitrogens is 1. The van der Waals surface area contributed by atoms with Crippen LogP contribution in [-0.4, -0.2) is 32.7 Å². The van der Waals surface area contributed by atoms with Gasteiger partial charge in [-0.1, -0.05) is 37.5 Å². The van der Waals surface area contributed by atoms with Crippen LogP contribution in [0.15, 0.2) is 0 Å². The Morgan fingerprint density at radius 2 is 2.00 bits per heavy atom. The lowest BCUT2D eigenvalue weighted by Crippen LogP contribution is -2.33. The zero-order valence-corrected chi connectivity index (χ0v) is 14.0. The maximum absolute atomic E-state index is 5.38. The molecule has 0 spiro atoms. The van der Waals surface area contributed by atoms with Crippen LogP contribution in [0.5, 0.6) is 5.88 Å². The molecule has 0 saturated heterocycles. The van der Waals surface area contributed by atoms with Gasteiger partial charge < -0.3 is 15.0 Å². The van der Waals surface area contributed by atoms with Crippen molar-refractivity contribution in [2.45, 2.75) is 45.6 Å². The van der Waals surface area contributed by atoms with E-state index in [1.807, 2.05) is 19.0 Å². The minimum absolute atomic E-state index is 0.473. The van der Waals surface area contributed by atoms with Crippen LogP contribution in [0.3, 0.4) is 0 Å². The van der Waals surface area contributed by atoms with E-state index >= 15 is 0 Å². The van der Waals surface area contributed by atoms with Gasteiger partial charge in [-0.2, -0.15) is 4.98 Å². The van der Waals surface area contributed by atoms with Gasteiger partial charge >= 0.3 is 0 Å². The summed E-state index contributed by atoms with van der Waals surface area (Å²) >= 11 is 1.71. The van der Waals surface area contributed by atoms with Gasteiger partial charge in [0.2, 0.25) is 5.88 Å². The molecule has 0 amide bonds. The lowest BCUT2D eigenvalue weighted by Gasteiger charge is -2.33. The first-order chi connectivity index (χ1) is 9.54. The van der Waals surface area contributed by atoms with Crippen molar-refractivity contribution in [3.05, 3.63) is 4.88 Å². The molecule has 4 nitrogen and oxygen atoms in total. The van der Waals surface area contributed by atoms with Gasteiger partial charge in [-0.15, -0.1) is 0 Å². The van der Waals surface area contributed by atoms with E-state index in [0.717, 1.165) is 24.1 Å². The Morgan fingerprint density at radius 3 is 2.60 bits per heavy atom. The van der Waals surface area contributed by atoms with Crippen LogP contribution in [-0.2, 0) is 6.54 Å². The van der Waals surface area contributed by atoms with E-state index in [9.17, 15) is 0 Å². The zero-order chi connectivity index (χ0) is 14.6. The molecular formula is C15H27N3OS. The molecule has 1 aromatic rings. The molecule has 0 atom stereocenters. The van der Waals surface area contributed by atoms with Crippen LogP contribution < -0.4 is 15.0 Å². The third kappa shape index (κ3) is 3.85. The summed E-state index contributed by atoms with van der Waals surface area (Å²) in [7, 11) is 5.72. The van der Waals surface area contributed by atoms with Gasteiger partial charge in [0.25, 0.3) is 0 Å². The second-order valence-corrected chi connectivity index (χ2v) is 7.36. The number of methoxy groups -OCH3 is 1. The maximum atomic E-state index is 5.38. The van der Waals surface area contributed by atoms with Crippen LogP contribution >= 0.6 is 11.3 Å². The summed E-state index contributed by atoms with van der Waals surface area (Å²) in [5.41, 5.74) is 0.473. The van der Waals surface area contributed by atoms with Crippen LogP contribution in [0.1, 0.15) is 43.9 Å². The van der Waals surface area contributed by atoms with Gasteiger partial charge in [0, 0.05) is 27.2 Å². The molecule has 0 radical (unpaired) electrons. The summed E-state index contributed by atoms with van der Waals surface area (Å²) in [6.07, 6.45) is 6.87. The summed E-state index contributed by atoms with van der Waals surface area (Å²) in [5.74, 6) is 0.764. The van der Waals surface area contributed by atoms with E-state index in [1.165, 1.54) is 37.0 Å². The fourth-order valence-corrected chi connectivity index (χ4v) is 3.77. The first-order valence-corrected chi connectivity index (χ1v) is 8.27. The lowest BCUT2D eigenvalue weighted by atomic mass is 9.76. The van der Waals surface area contributed by atoms with Gasteiger partial charge in [0.15, 0.2) is 5.13 Å². The largest absolute Gasteiger partial charge is 0.480 e. The molecule has 1 heterocycles. The average Bonchev–Trinajstić information content (AvgIpc) is 2.83. The van der Waals surface area contributed by atoms with Crippen LogP contribution in [0, 0.1) is 5.41 Å². The standard InChI is InChI=1S/C15H27N3OS/c1-15(8-6-5-7-9-15)11-16-10-12-13(19-4)17-14(20-12)18(2)3/h16H,5-11H2,1-4H3. The number of hydrogen-bond donors (Lipinski definition) is 1. The third-order valence-electron chi connectivity index (χ3n) is 4.12. The number of hydrogen-bond acceptors (Lipinski definition) is 5. The van der Waals surface area contributed by atoms with Gasteiger partial charge in [-0.3, -0.25) is 0 Å². The Labute approximate surface area is 126 Å². The molecule has 1 aliphatic carbocycles. The second-order valence-electron chi connectivity index (χ2n) is 6.30. The minimum Gasteiger partial charge on any atom is -0.480 e. The molecule has 2 rings (SSSR count). The van der Waals surface area contributed by atoms with Crippen molar-refractivity contribution >= 4 is 16.5 Å². The van der Waals surface area contributed by atoms with Crippen LogP contribution in [0.25, 0.3) is 0 Å². The molecular weight excluding hydrogens is 270 g/mol. The molecule has 20 heavy (non-hydrogen) atoms. The number of nitrogens with one attached hydrogen (secondary N) is 1. The minimum atomic E-state index is 0.473. The molecule has 5 heteroatoms. The van der Waals surface area contributed by atoms with Crippen molar-refractivity contribution in [1.82, 2.24) is 10.3 Å². The quantitative estimate of drug-likeness (QED) is 0.874. The number of thiazole rings is 1. The number of anilines is 1. The summed E-state index contributed by atoms with van der Waals surface area (Å²) in [5, 5.41) is 4.61. The van der Waals surface area contributed by atoms with Gasteiger partial charge in [0.1, 0.15) is 0 Å². The topological polar surface area (TPSA) is 37.4 Å². The van der Waals surface area contributed by atoms with Crippen LogP contribution in [0.2, 0.25) is 0 Å². The van der Waals surface area contributed by atoms with Crippen molar-refractivity contribution in [1.29, 1.82) is 0 Å². The van der Waals surface area contributed by atoms with Crippen molar-refractivity contribution in [2.75, 3.05) is 32.6 Å². The second kappa shape index (κ2) is 6.76. The SMILES string of the molecule is COc1nc(N(C)C)sc1CNCC1(C)CCCCC1. The molecule has 1 aliphatic rings. The predicted molar refractivity (Wildman–Crippen MR) is 85.9 cm³/mol. The highest BCUT2D eigenvalue weighted by Crippen LogP contribution is 2.35. The first-order valence-electron chi connectivity index (χ1n) is 7.46. The van der Waals surface area contributed by atoms with E-state index in [4.69, 9.17) is 4.74 Å². The van der Waals surface area contributed by atoms with E-state index in [1.54, 1.807) is 18.4 Å². The lowest BCUT2D eigenvalue weighted by molar-refractivity contribution is 0.207. The van der Waals surface area contributed by atoms with Crippen molar-refractivity contribution in [3.63, 3.8) is 0 Å². The van der Waals surface area contributed by atoms with Crippen molar-refractivity contribution in [3.8, 4) is 5.88 Å². The molecule has 1 aromatic heterocycles. The number of rotatable bonds is 6. The van der Waals surface area contributed by atoms with Crippen molar-refractivity contribution in [2.24, 2.45) is 5.41 Å². The Balaban J connectivity index is 1.90. The molecule has 1 N–H and O–H groups in total. The zero-order valence-electron chi connectivity index (χ0n) is 13.2. The Morgan fingerprint density at radius 1 is 1.30 bits per heavy atom. The summed E-state index contributed by atoms with van der Waals surface area (Å²) < 4.78 is 5.38. The highest BCUT2D eigenvalue weighted by Gasteiger charge is 2.26. The van der Waals surface area contributed by atoms with E-state index in [2.05, 4.69) is 17.2 Å². The molecule has 1 saturated carbocycles. The highest BCUT2D eigenvalue weighted by molar-refractivity contribution is 7.15. The smallest absolute Gasteiger partial charge is 0.230 e. The maximum Gasteiger partial charge on any atom is 0.230 e.